The molecule has 0 saturated heterocycles. The van der Waals surface area contributed by atoms with Crippen LogP contribution in [0, 0.1) is 0 Å². The summed E-state index contributed by atoms with van der Waals surface area (Å²) >= 11 is 5.74. The largest absolute Gasteiger partial charge is 0.398 e. The van der Waals surface area contributed by atoms with Crippen molar-refractivity contribution in [3.63, 3.8) is 0 Å². The fourth-order valence-electron chi connectivity index (χ4n) is 1.10. The molecular weight excluding hydrogens is 172 g/mol. The molecule has 2 nitrogen and oxygen atoms in total. The second-order valence-corrected chi connectivity index (χ2v) is 3.46. The van der Waals surface area contributed by atoms with Crippen molar-refractivity contribution in [2.75, 3.05) is 5.73 Å². The standard InChI is InChI=1S/C9H13ClN2/c1-6(11)4-7-2-3-8(10)5-9(7)12/h2-3,5-6H,4,11-12H2,1H3/t6-/m1/s1. The van der Waals surface area contributed by atoms with E-state index in [-0.39, 0.29) is 6.04 Å². The van der Waals surface area contributed by atoms with Gasteiger partial charge in [0.15, 0.2) is 0 Å². The van der Waals surface area contributed by atoms with Crippen LogP contribution in [0.4, 0.5) is 5.69 Å². The summed E-state index contributed by atoms with van der Waals surface area (Å²) in [5, 5.41) is 0.668. The first kappa shape index (κ1) is 9.36. The second-order valence-electron chi connectivity index (χ2n) is 3.02. The molecule has 0 radical (unpaired) electrons. The van der Waals surface area contributed by atoms with E-state index in [0.29, 0.717) is 5.02 Å². The van der Waals surface area contributed by atoms with Crippen LogP contribution < -0.4 is 11.5 Å². The summed E-state index contributed by atoms with van der Waals surface area (Å²) in [6.45, 7) is 1.95. The zero-order valence-electron chi connectivity index (χ0n) is 7.05. The molecule has 0 amide bonds. The van der Waals surface area contributed by atoms with Gasteiger partial charge in [-0.25, -0.2) is 0 Å². The van der Waals surface area contributed by atoms with E-state index in [2.05, 4.69) is 0 Å². The third-order valence-electron chi connectivity index (χ3n) is 1.65. The van der Waals surface area contributed by atoms with Gasteiger partial charge < -0.3 is 11.5 Å². The molecule has 66 valence electrons. The van der Waals surface area contributed by atoms with Crippen molar-refractivity contribution >= 4 is 17.3 Å². The number of benzene rings is 1. The number of hydrogen-bond acceptors (Lipinski definition) is 2. The number of nitrogen functional groups attached to an aromatic ring is 1. The second kappa shape index (κ2) is 3.78. The highest BCUT2D eigenvalue weighted by molar-refractivity contribution is 6.30. The van der Waals surface area contributed by atoms with E-state index in [0.717, 1.165) is 17.7 Å². The summed E-state index contributed by atoms with van der Waals surface area (Å²) in [6, 6.07) is 5.63. The average molecular weight is 185 g/mol. The number of nitrogens with two attached hydrogens (primary N) is 2. The zero-order valence-corrected chi connectivity index (χ0v) is 7.81. The van der Waals surface area contributed by atoms with Gasteiger partial charge in [0.05, 0.1) is 0 Å². The molecule has 1 aromatic carbocycles. The fraction of sp³-hybridized carbons (Fsp3) is 0.333. The maximum atomic E-state index is 5.74. The summed E-state index contributed by atoms with van der Waals surface area (Å²) < 4.78 is 0. The van der Waals surface area contributed by atoms with Gasteiger partial charge in [-0.3, -0.25) is 0 Å². The maximum Gasteiger partial charge on any atom is 0.0426 e. The average Bonchev–Trinajstić information content (AvgIpc) is 1.94. The summed E-state index contributed by atoms with van der Waals surface area (Å²) in [5.41, 5.74) is 13.2. The Morgan fingerprint density at radius 1 is 1.50 bits per heavy atom. The van der Waals surface area contributed by atoms with Crippen molar-refractivity contribution in [1.29, 1.82) is 0 Å². The first-order chi connectivity index (χ1) is 5.59. The van der Waals surface area contributed by atoms with E-state index in [4.69, 9.17) is 23.1 Å². The third-order valence-corrected chi connectivity index (χ3v) is 1.88. The third kappa shape index (κ3) is 2.40. The minimum Gasteiger partial charge on any atom is -0.398 e. The van der Waals surface area contributed by atoms with Gasteiger partial charge in [-0.15, -0.1) is 0 Å². The van der Waals surface area contributed by atoms with E-state index < -0.39 is 0 Å². The monoisotopic (exact) mass is 184 g/mol. The predicted octanol–water partition coefficient (Wildman–Crippen LogP) is 1.81. The van der Waals surface area contributed by atoms with Gasteiger partial charge in [-0.2, -0.15) is 0 Å². The molecule has 0 aliphatic rings. The van der Waals surface area contributed by atoms with E-state index >= 15 is 0 Å². The van der Waals surface area contributed by atoms with Crippen LogP contribution in [0.25, 0.3) is 0 Å². The van der Waals surface area contributed by atoms with Crippen molar-refractivity contribution < 1.29 is 0 Å². The lowest BCUT2D eigenvalue weighted by Gasteiger charge is -2.08. The van der Waals surface area contributed by atoms with Gasteiger partial charge >= 0.3 is 0 Å². The van der Waals surface area contributed by atoms with Crippen molar-refractivity contribution in [2.45, 2.75) is 19.4 Å². The van der Waals surface area contributed by atoms with Gasteiger partial charge in [0.1, 0.15) is 0 Å². The van der Waals surface area contributed by atoms with Gasteiger partial charge in [0.2, 0.25) is 0 Å². The van der Waals surface area contributed by atoms with Gasteiger partial charge in [-0.05, 0) is 31.0 Å². The summed E-state index contributed by atoms with van der Waals surface area (Å²) in [7, 11) is 0. The van der Waals surface area contributed by atoms with Crippen LogP contribution in [0.1, 0.15) is 12.5 Å². The van der Waals surface area contributed by atoms with Crippen LogP contribution >= 0.6 is 11.6 Å². The minimum absolute atomic E-state index is 0.133. The maximum absolute atomic E-state index is 5.74. The van der Waals surface area contributed by atoms with Crippen LogP contribution in [0.3, 0.4) is 0 Å². The Morgan fingerprint density at radius 2 is 2.17 bits per heavy atom. The van der Waals surface area contributed by atoms with E-state index in [1.165, 1.54) is 0 Å². The molecule has 0 bridgehead atoms. The lowest BCUT2D eigenvalue weighted by atomic mass is 10.1. The number of hydrogen-bond donors (Lipinski definition) is 2. The van der Waals surface area contributed by atoms with Crippen molar-refractivity contribution in [3.8, 4) is 0 Å². The SMILES string of the molecule is C[C@@H](N)Cc1ccc(Cl)cc1N. The van der Waals surface area contributed by atoms with Crippen LogP contribution in [-0.2, 0) is 6.42 Å². The molecule has 0 unspecified atom stereocenters. The summed E-state index contributed by atoms with van der Waals surface area (Å²) in [5.74, 6) is 0. The number of rotatable bonds is 2. The first-order valence-electron chi connectivity index (χ1n) is 3.89. The highest BCUT2D eigenvalue weighted by Gasteiger charge is 2.02. The Kier molecular flexibility index (Phi) is 2.95. The smallest absolute Gasteiger partial charge is 0.0426 e. The molecule has 0 aromatic heterocycles. The normalized spacial score (nSPS) is 12.9. The van der Waals surface area contributed by atoms with Crippen molar-refractivity contribution in [2.24, 2.45) is 5.73 Å². The lowest BCUT2D eigenvalue weighted by Crippen LogP contribution is -2.18. The molecule has 1 rings (SSSR count). The molecular formula is C9H13ClN2. The molecule has 0 saturated carbocycles. The quantitative estimate of drug-likeness (QED) is 0.689. The first-order valence-corrected chi connectivity index (χ1v) is 4.27. The van der Waals surface area contributed by atoms with E-state index in [9.17, 15) is 0 Å². The van der Waals surface area contributed by atoms with E-state index in [1.807, 2.05) is 19.1 Å². The Morgan fingerprint density at radius 3 is 2.67 bits per heavy atom. The highest BCUT2D eigenvalue weighted by atomic mass is 35.5. The van der Waals surface area contributed by atoms with Gasteiger partial charge in [0, 0.05) is 16.8 Å². The van der Waals surface area contributed by atoms with Crippen molar-refractivity contribution in [3.05, 3.63) is 28.8 Å². The van der Waals surface area contributed by atoms with Crippen LogP contribution in [0.5, 0.6) is 0 Å². The number of halogens is 1. The molecule has 1 aromatic rings. The Hall–Kier alpha value is -0.730. The van der Waals surface area contributed by atoms with Crippen molar-refractivity contribution in [1.82, 2.24) is 0 Å². The minimum atomic E-state index is 0.133. The molecule has 0 spiro atoms. The summed E-state index contributed by atoms with van der Waals surface area (Å²) in [6.07, 6.45) is 0.795. The molecule has 1 atom stereocenters. The molecule has 0 aliphatic heterocycles. The van der Waals surface area contributed by atoms with Gasteiger partial charge in [-0.1, -0.05) is 17.7 Å². The Labute approximate surface area is 77.5 Å². The molecule has 0 fully saturated rings. The van der Waals surface area contributed by atoms with Crippen LogP contribution in [0.15, 0.2) is 18.2 Å². The molecule has 0 aliphatic carbocycles. The summed E-state index contributed by atoms with van der Waals surface area (Å²) in [4.78, 5) is 0. The van der Waals surface area contributed by atoms with Gasteiger partial charge in [0.25, 0.3) is 0 Å². The Bertz CT molecular complexity index is 271. The van der Waals surface area contributed by atoms with Crippen LogP contribution in [0.2, 0.25) is 5.02 Å². The lowest BCUT2D eigenvalue weighted by molar-refractivity contribution is 0.739. The predicted molar refractivity (Wildman–Crippen MR) is 53.2 cm³/mol. The van der Waals surface area contributed by atoms with Crippen LogP contribution in [-0.4, -0.2) is 6.04 Å². The topological polar surface area (TPSA) is 52.0 Å². The zero-order chi connectivity index (χ0) is 9.14. The molecule has 3 heteroatoms. The molecule has 4 N–H and O–H groups in total. The fourth-order valence-corrected chi connectivity index (χ4v) is 1.28. The molecule has 0 heterocycles. The number of anilines is 1. The highest BCUT2D eigenvalue weighted by Crippen LogP contribution is 2.18. The Balaban J connectivity index is 2.86. The van der Waals surface area contributed by atoms with E-state index in [1.54, 1.807) is 6.07 Å². The molecule has 12 heavy (non-hydrogen) atoms.